The average molecular weight is 359 g/mol. The van der Waals surface area contributed by atoms with Gasteiger partial charge in [0.15, 0.2) is 0 Å². The van der Waals surface area contributed by atoms with E-state index in [1.54, 1.807) is 0 Å². The summed E-state index contributed by atoms with van der Waals surface area (Å²) in [5, 5.41) is 0. The number of piperazine rings is 1. The Balaban J connectivity index is 1.55. The Bertz CT molecular complexity index is 574. The molecule has 1 heterocycles. The molecule has 3 rings (SSSR count). The summed E-state index contributed by atoms with van der Waals surface area (Å²) in [4.78, 5) is 17.8. The summed E-state index contributed by atoms with van der Waals surface area (Å²) in [5.74, 6) is 0.0533. The molecule has 2 aliphatic rings. The standard InChI is InChI=1S/C22H34N2O2/c1-22(2,3)26-21(25)19-11-7-8-12-20(19)24-15-13-23(14-16-24)17-18-9-5-4-6-10-18/h4-6,9-10,19-20H,7-8,11-17H2,1-3H3/t19-,20-/m0/s1. The molecule has 1 aliphatic heterocycles. The Hall–Kier alpha value is -1.39. The maximum atomic E-state index is 12.7. The van der Waals surface area contributed by atoms with Crippen LogP contribution in [0.25, 0.3) is 0 Å². The van der Waals surface area contributed by atoms with Crippen LogP contribution in [0.2, 0.25) is 0 Å². The molecule has 2 fully saturated rings. The quantitative estimate of drug-likeness (QED) is 0.768. The molecule has 1 aromatic rings. The molecule has 0 bridgehead atoms. The monoisotopic (exact) mass is 358 g/mol. The van der Waals surface area contributed by atoms with Crippen molar-refractivity contribution in [2.75, 3.05) is 26.2 Å². The van der Waals surface area contributed by atoms with Crippen LogP contribution in [0.3, 0.4) is 0 Å². The summed E-state index contributed by atoms with van der Waals surface area (Å²) in [5.41, 5.74) is 0.984. The minimum Gasteiger partial charge on any atom is -0.460 e. The lowest BCUT2D eigenvalue weighted by Gasteiger charge is -2.43. The third-order valence-electron chi connectivity index (χ3n) is 5.56. The molecule has 0 radical (unpaired) electrons. The molecule has 1 aliphatic carbocycles. The van der Waals surface area contributed by atoms with Crippen molar-refractivity contribution in [2.24, 2.45) is 5.92 Å². The fraction of sp³-hybridized carbons (Fsp3) is 0.682. The maximum absolute atomic E-state index is 12.7. The number of esters is 1. The Morgan fingerprint density at radius 1 is 1.04 bits per heavy atom. The van der Waals surface area contributed by atoms with Gasteiger partial charge in [-0.3, -0.25) is 14.6 Å². The van der Waals surface area contributed by atoms with Gasteiger partial charge in [-0.2, -0.15) is 0 Å². The molecule has 4 heteroatoms. The van der Waals surface area contributed by atoms with Crippen molar-refractivity contribution in [3.63, 3.8) is 0 Å². The summed E-state index contributed by atoms with van der Waals surface area (Å²) >= 11 is 0. The largest absolute Gasteiger partial charge is 0.460 e. The second-order valence-electron chi connectivity index (χ2n) is 8.79. The number of nitrogens with zero attached hydrogens (tertiary/aromatic N) is 2. The molecule has 1 saturated carbocycles. The molecular formula is C22H34N2O2. The Morgan fingerprint density at radius 2 is 1.69 bits per heavy atom. The first-order valence-electron chi connectivity index (χ1n) is 10.2. The highest BCUT2D eigenvalue weighted by molar-refractivity contribution is 5.74. The van der Waals surface area contributed by atoms with Gasteiger partial charge in [-0.15, -0.1) is 0 Å². The van der Waals surface area contributed by atoms with Crippen molar-refractivity contribution in [2.45, 2.75) is 64.6 Å². The number of carbonyl (C=O) groups excluding carboxylic acids is 1. The molecule has 1 aromatic carbocycles. The highest BCUT2D eigenvalue weighted by Crippen LogP contribution is 2.31. The average Bonchev–Trinajstić information content (AvgIpc) is 2.62. The normalized spacial score (nSPS) is 25.8. The van der Waals surface area contributed by atoms with Crippen molar-refractivity contribution in [3.8, 4) is 0 Å². The SMILES string of the molecule is CC(C)(C)OC(=O)[C@H]1CCCC[C@@H]1N1CCN(Cc2ccccc2)CC1. The van der Waals surface area contributed by atoms with Gasteiger partial charge < -0.3 is 4.74 Å². The van der Waals surface area contributed by atoms with Gasteiger partial charge in [0.05, 0.1) is 5.92 Å². The maximum Gasteiger partial charge on any atom is 0.311 e. The number of hydrogen-bond donors (Lipinski definition) is 0. The Kier molecular flexibility index (Phi) is 6.36. The van der Waals surface area contributed by atoms with Crippen LogP contribution in [0.4, 0.5) is 0 Å². The lowest BCUT2D eigenvalue weighted by Crippen LogP contribution is -2.54. The summed E-state index contributed by atoms with van der Waals surface area (Å²) in [7, 11) is 0. The van der Waals surface area contributed by atoms with Gasteiger partial charge in [0.25, 0.3) is 0 Å². The zero-order valence-electron chi connectivity index (χ0n) is 16.6. The predicted octanol–water partition coefficient (Wildman–Crippen LogP) is 3.70. The zero-order chi connectivity index (χ0) is 18.6. The number of carbonyl (C=O) groups is 1. The topological polar surface area (TPSA) is 32.8 Å². The fourth-order valence-corrected chi connectivity index (χ4v) is 4.30. The van der Waals surface area contributed by atoms with E-state index in [0.717, 1.165) is 52.0 Å². The van der Waals surface area contributed by atoms with Crippen LogP contribution in [-0.2, 0) is 16.1 Å². The second-order valence-corrected chi connectivity index (χ2v) is 8.79. The van der Waals surface area contributed by atoms with Gasteiger partial charge in [-0.25, -0.2) is 0 Å². The minimum absolute atomic E-state index is 0.00825. The van der Waals surface area contributed by atoms with Crippen LogP contribution in [0.5, 0.6) is 0 Å². The van der Waals surface area contributed by atoms with E-state index in [1.807, 2.05) is 20.8 Å². The second kappa shape index (κ2) is 8.53. The first kappa shape index (κ1) is 19.4. The van der Waals surface area contributed by atoms with Gasteiger partial charge >= 0.3 is 5.97 Å². The first-order valence-corrected chi connectivity index (χ1v) is 10.2. The van der Waals surface area contributed by atoms with E-state index in [1.165, 1.54) is 12.0 Å². The first-order chi connectivity index (χ1) is 12.4. The van der Waals surface area contributed by atoms with Crippen molar-refractivity contribution in [3.05, 3.63) is 35.9 Å². The van der Waals surface area contributed by atoms with Crippen LogP contribution in [0, 0.1) is 5.92 Å². The van der Waals surface area contributed by atoms with E-state index in [2.05, 4.69) is 40.1 Å². The van der Waals surface area contributed by atoms with E-state index in [4.69, 9.17) is 4.74 Å². The molecule has 144 valence electrons. The third kappa shape index (κ3) is 5.31. The summed E-state index contributed by atoms with van der Waals surface area (Å²) < 4.78 is 5.72. The predicted molar refractivity (Wildman–Crippen MR) is 105 cm³/mol. The summed E-state index contributed by atoms with van der Waals surface area (Å²) in [6.45, 7) is 11.2. The third-order valence-corrected chi connectivity index (χ3v) is 5.56. The smallest absolute Gasteiger partial charge is 0.311 e. The molecule has 0 aromatic heterocycles. The van der Waals surface area contributed by atoms with Crippen molar-refractivity contribution >= 4 is 5.97 Å². The van der Waals surface area contributed by atoms with Gasteiger partial charge in [0.2, 0.25) is 0 Å². The zero-order valence-corrected chi connectivity index (χ0v) is 16.6. The van der Waals surface area contributed by atoms with E-state index in [9.17, 15) is 4.79 Å². The van der Waals surface area contributed by atoms with Crippen molar-refractivity contribution < 1.29 is 9.53 Å². The molecule has 0 unspecified atom stereocenters. The van der Waals surface area contributed by atoms with E-state index >= 15 is 0 Å². The minimum atomic E-state index is -0.395. The molecule has 2 atom stereocenters. The molecule has 0 spiro atoms. The molecular weight excluding hydrogens is 324 g/mol. The number of ether oxygens (including phenoxy) is 1. The van der Waals surface area contributed by atoms with Crippen LogP contribution in [-0.4, -0.2) is 53.6 Å². The molecule has 26 heavy (non-hydrogen) atoms. The fourth-order valence-electron chi connectivity index (χ4n) is 4.30. The van der Waals surface area contributed by atoms with Crippen molar-refractivity contribution in [1.82, 2.24) is 9.80 Å². The number of hydrogen-bond acceptors (Lipinski definition) is 4. The Morgan fingerprint density at radius 3 is 2.35 bits per heavy atom. The number of benzene rings is 1. The van der Waals surface area contributed by atoms with Gasteiger partial charge in [0.1, 0.15) is 5.60 Å². The van der Waals surface area contributed by atoms with Crippen LogP contribution in [0.15, 0.2) is 30.3 Å². The molecule has 0 amide bonds. The van der Waals surface area contributed by atoms with Crippen LogP contribution in [0.1, 0.15) is 52.0 Å². The van der Waals surface area contributed by atoms with E-state index in [-0.39, 0.29) is 11.9 Å². The molecule has 0 N–H and O–H groups in total. The highest BCUT2D eigenvalue weighted by Gasteiger charge is 2.38. The molecule has 4 nitrogen and oxygen atoms in total. The lowest BCUT2D eigenvalue weighted by atomic mass is 9.83. The number of rotatable bonds is 4. The van der Waals surface area contributed by atoms with Crippen LogP contribution < -0.4 is 0 Å². The summed E-state index contributed by atoms with van der Waals surface area (Å²) in [6, 6.07) is 11.1. The highest BCUT2D eigenvalue weighted by atomic mass is 16.6. The van der Waals surface area contributed by atoms with E-state index in [0.29, 0.717) is 6.04 Å². The van der Waals surface area contributed by atoms with Gasteiger partial charge in [-0.1, -0.05) is 43.2 Å². The molecule has 1 saturated heterocycles. The van der Waals surface area contributed by atoms with Gasteiger partial charge in [-0.05, 0) is 39.2 Å². The summed E-state index contributed by atoms with van der Waals surface area (Å²) in [6.07, 6.45) is 4.48. The van der Waals surface area contributed by atoms with Crippen LogP contribution >= 0.6 is 0 Å². The Labute approximate surface area is 158 Å². The lowest BCUT2D eigenvalue weighted by molar-refractivity contribution is -0.164. The van der Waals surface area contributed by atoms with E-state index < -0.39 is 5.60 Å². The van der Waals surface area contributed by atoms with Gasteiger partial charge in [0, 0.05) is 38.8 Å². The van der Waals surface area contributed by atoms with Crippen molar-refractivity contribution in [1.29, 1.82) is 0 Å².